The summed E-state index contributed by atoms with van der Waals surface area (Å²) in [5.41, 5.74) is 0. The summed E-state index contributed by atoms with van der Waals surface area (Å²) in [6.07, 6.45) is 0.521. The first-order chi connectivity index (χ1) is 10.5. The van der Waals surface area contributed by atoms with Gasteiger partial charge in [-0.05, 0) is 11.7 Å². The van der Waals surface area contributed by atoms with E-state index in [0.29, 0.717) is 25.5 Å². The van der Waals surface area contributed by atoms with Crippen LogP contribution in [0.25, 0.3) is 0 Å². The average Bonchev–Trinajstić information content (AvgIpc) is 2.47. The van der Waals surface area contributed by atoms with Gasteiger partial charge in [-0.25, -0.2) is 0 Å². The minimum absolute atomic E-state index is 0. The van der Waals surface area contributed by atoms with Crippen LogP contribution < -0.4 is 0 Å². The summed E-state index contributed by atoms with van der Waals surface area (Å²) in [6, 6.07) is 0. The van der Waals surface area contributed by atoms with Gasteiger partial charge in [-0.1, -0.05) is 48.1 Å². The molecule has 1 N–H and O–H groups in total. The Balaban J connectivity index is -0.0000000427. The van der Waals surface area contributed by atoms with Crippen LogP contribution in [0, 0.1) is 51.9 Å². The molecular formula is C20H41NO4Y2-4. The molecule has 5 nitrogen and oxygen atoms in total. The van der Waals surface area contributed by atoms with Gasteiger partial charge in [-0.15, -0.1) is 0 Å². The molecule has 0 saturated heterocycles. The van der Waals surface area contributed by atoms with Gasteiger partial charge in [0.05, 0.1) is 7.11 Å². The molecule has 0 fully saturated rings. The smallest absolute Gasteiger partial charge is 0.182 e. The van der Waals surface area contributed by atoms with Crippen molar-refractivity contribution in [3.63, 3.8) is 0 Å². The molecule has 27 heavy (non-hydrogen) atoms. The maximum Gasteiger partial charge on any atom is 0.182 e. The molecule has 0 aromatic rings. The van der Waals surface area contributed by atoms with Crippen LogP contribution >= 0.6 is 0 Å². The number of carbonyl (C=O) groups is 2. The number of carbonyl (C=O) groups excluding carboxylic acids is 2. The van der Waals surface area contributed by atoms with E-state index in [1.165, 1.54) is 7.11 Å². The summed E-state index contributed by atoms with van der Waals surface area (Å²) in [7, 11) is 1.52. The second kappa shape index (κ2) is 31.5. The van der Waals surface area contributed by atoms with Crippen LogP contribution in [0.1, 0.15) is 48.0 Å². The Morgan fingerprint density at radius 2 is 1.30 bits per heavy atom. The Bertz CT molecular complexity index is 334. The summed E-state index contributed by atoms with van der Waals surface area (Å²) in [4.78, 5) is 20.9. The molecule has 0 spiro atoms. The molecular weight excluding hydrogens is 496 g/mol. The van der Waals surface area contributed by atoms with Crippen molar-refractivity contribution in [1.29, 1.82) is 5.41 Å². The number of ketones is 2. The van der Waals surface area contributed by atoms with E-state index in [-0.39, 0.29) is 110 Å². The van der Waals surface area contributed by atoms with E-state index < -0.39 is 0 Å². The molecule has 0 bridgehead atoms. The molecule has 0 heterocycles. The first-order valence-electron chi connectivity index (χ1n) is 7.89. The van der Waals surface area contributed by atoms with E-state index >= 15 is 0 Å². The van der Waals surface area contributed by atoms with Gasteiger partial charge >= 0.3 is 0 Å². The van der Waals surface area contributed by atoms with Crippen molar-refractivity contribution >= 4 is 17.5 Å². The molecule has 0 rings (SSSR count). The molecule has 0 amide bonds. The zero-order valence-corrected chi connectivity index (χ0v) is 24.7. The standard InChI is InChI=1S/C8H15O2.C5H11NO.C5H9O.2CH3.2Y/c1-4-10-6-5-8(9)7(2)3;1-4(2)5(6)7-3;1-4(2)5(3)6;;;;/h7H,1,4-6H2,2-3H3;4,6H,1-3H3;4H,3H2,1-2H3;2*1H3;;/q-1;;3*-1;;. The Morgan fingerprint density at radius 1 is 0.926 bits per heavy atom. The fourth-order valence-electron chi connectivity index (χ4n) is 0.799. The Kier molecular flexibility index (Phi) is 53.9. The van der Waals surface area contributed by atoms with E-state index in [1.54, 1.807) is 0 Å². The van der Waals surface area contributed by atoms with Crippen LogP contribution in [0.2, 0.25) is 0 Å². The molecule has 0 aromatic heterocycles. The van der Waals surface area contributed by atoms with E-state index in [1.807, 2.05) is 41.5 Å². The van der Waals surface area contributed by atoms with Crippen molar-refractivity contribution in [3.8, 4) is 0 Å². The zero-order valence-electron chi connectivity index (χ0n) is 19.1. The summed E-state index contributed by atoms with van der Waals surface area (Å²) >= 11 is 0. The third kappa shape index (κ3) is 42.1. The Labute approximate surface area is 220 Å². The number of nitrogens with one attached hydrogen (secondary N) is 1. The molecule has 0 unspecified atom stereocenters. The topological polar surface area (TPSA) is 76.4 Å². The minimum Gasteiger partial charge on any atom is -0.484 e. The summed E-state index contributed by atoms with van der Waals surface area (Å²) in [5.74, 6) is 1.08. The largest absolute Gasteiger partial charge is 0.484 e. The normalized spacial score (nSPS) is 8.26. The van der Waals surface area contributed by atoms with Gasteiger partial charge in [0.15, 0.2) is 5.90 Å². The van der Waals surface area contributed by atoms with Gasteiger partial charge in [0.25, 0.3) is 0 Å². The molecule has 0 aliphatic rings. The molecule has 0 aliphatic heterocycles. The average molecular weight is 537 g/mol. The number of Topliss-reactive ketones (excluding diaryl/α,β-unsaturated/α-hetero) is 2. The molecule has 0 atom stereocenters. The summed E-state index contributed by atoms with van der Waals surface area (Å²) in [5, 5.41) is 6.97. The molecule has 0 saturated carbocycles. The maximum absolute atomic E-state index is 10.9. The predicted octanol–water partition coefficient (Wildman–Crippen LogP) is 4.66. The van der Waals surface area contributed by atoms with Crippen molar-refractivity contribution < 1.29 is 84.5 Å². The Morgan fingerprint density at radius 3 is 1.44 bits per heavy atom. The molecule has 0 aromatic carbocycles. The quantitative estimate of drug-likeness (QED) is 0.222. The summed E-state index contributed by atoms with van der Waals surface area (Å²) in [6.45, 7) is 19.0. The fourth-order valence-corrected chi connectivity index (χ4v) is 0.799. The first-order valence-corrected chi connectivity index (χ1v) is 7.89. The minimum atomic E-state index is 0. The Hall–Kier alpha value is 0.848. The van der Waals surface area contributed by atoms with Crippen LogP contribution in [-0.4, -0.2) is 37.8 Å². The van der Waals surface area contributed by atoms with Gasteiger partial charge in [-0.2, -0.15) is 0 Å². The van der Waals surface area contributed by atoms with E-state index in [0.717, 1.165) is 0 Å². The third-order valence-corrected chi connectivity index (χ3v) is 2.67. The van der Waals surface area contributed by atoms with Gasteiger partial charge in [0.1, 0.15) is 5.78 Å². The van der Waals surface area contributed by atoms with Crippen molar-refractivity contribution in [2.24, 2.45) is 17.8 Å². The number of ether oxygens (including phenoxy) is 2. The fraction of sp³-hybridized carbons (Fsp3) is 0.650. The molecule has 2 radical (unpaired) electrons. The first kappa shape index (κ1) is 46.2. The van der Waals surface area contributed by atoms with E-state index in [9.17, 15) is 9.59 Å². The summed E-state index contributed by atoms with van der Waals surface area (Å²) < 4.78 is 9.52. The van der Waals surface area contributed by atoms with Crippen molar-refractivity contribution in [3.05, 3.63) is 28.7 Å². The maximum atomic E-state index is 10.9. The molecule has 160 valence electrons. The van der Waals surface area contributed by atoms with E-state index in [2.05, 4.69) is 18.6 Å². The van der Waals surface area contributed by atoms with Gasteiger partial charge in [0.2, 0.25) is 0 Å². The molecule has 0 aliphatic carbocycles. The monoisotopic (exact) mass is 537 g/mol. The van der Waals surface area contributed by atoms with Crippen LogP contribution in [0.3, 0.4) is 0 Å². The number of hydrogen-bond donors (Lipinski definition) is 1. The predicted molar refractivity (Wildman–Crippen MR) is 108 cm³/mol. The number of methoxy groups -OCH3 is 1. The third-order valence-electron chi connectivity index (χ3n) is 2.67. The van der Waals surface area contributed by atoms with E-state index in [4.69, 9.17) is 10.1 Å². The van der Waals surface area contributed by atoms with Crippen LogP contribution in [0.4, 0.5) is 0 Å². The number of hydrogen-bond acceptors (Lipinski definition) is 5. The van der Waals surface area contributed by atoms with Crippen LogP contribution in [0.5, 0.6) is 0 Å². The molecule has 7 heteroatoms. The van der Waals surface area contributed by atoms with Gasteiger partial charge in [0, 0.05) is 90.3 Å². The van der Waals surface area contributed by atoms with Gasteiger partial charge < -0.3 is 43.0 Å². The van der Waals surface area contributed by atoms with Crippen LogP contribution in [0.15, 0.2) is 0 Å². The van der Waals surface area contributed by atoms with Crippen LogP contribution in [-0.2, 0) is 84.5 Å². The second-order valence-electron chi connectivity index (χ2n) is 5.83. The van der Waals surface area contributed by atoms with Crippen molar-refractivity contribution in [1.82, 2.24) is 0 Å². The second-order valence-corrected chi connectivity index (χ2v) is 5.83. The van der Waals surface area contributed by atoms with Gasteiger partial charge in [-0.3, -0.25) is 10.2 Å². The zero-order chi connectivity index (χ0) is 19.0. The van der Waals surface area contributed by atoms with Crippen molar-refractivity contribution in [2.45, 2.75) is 48.0 Å². The van der Waals surface area contributed by atoms with Crippen molar-refractivity contribution in [2.75, 3.05) is 20.3 Å². The SMILES string of the molecule is COC(=N)C(C)C.[CH2-]C(=O)C(C)C.[CH2-]COCCC(=O)C(C)C.[CH3-].[CH3-].[Y].[Y]. The number of rotatable bonds is 7.